The zero-order valence-electron chi connectivity index (χ0n) is 13.6. The number of aromatic nitrogens is 5. The lowest BCUT2D eigenvalue weighted by Crippen LogP contribution is -2.40. The summed E-state index contributed by atoms with van der Waals surface area (Å²) in [7, 11) is 0. The molecule has 0 saturated heterocycles. The van der Waals surface area contributed by atoms with Gasteiger partial charge in [-0.1, -0.05) is 0 Å². The highest BCUT2D eigenvalue weighted by atomic mass is 32.1. The molecule has 0 saturated carbocycles. The molecule has 0 spiro atoms. The van der Waals surface area contributed by atoms with Crippen molar-refractivity contribution in [2.75, 3.05) is 18.1 Å². The van der Waals surface area contributed by atoms with E-state index in [0.717, 1.165) is 5.01 Å². The predicted octanol–water partition coefficient (Wildman–Crippen LogP) is 0.397. The molecule has 26 heavy (non-hydrogen) atoms. The third-order valence-electron chi connectivity index (χ3n) is 3.33. The zero-order chi connectivity index (χ0) is 18.4. The maximum absolute atomic E-state index is 11.6. The summed E-state index contributed by atoms with van der Waals surface area (Å²) in [6.45, 7) is -0.0346. The fourth-order valence-electron chi connectivity index (χ4n) is 2.19. The Morgan fingerprint density at radius 1 is 1.46 bits per heavy atom. The molecular formula is C14H17N7O3S2. The van der Waals surface area contributed by atoms with Gasteiger partial charge in [0.25, 0.3) is 0 Å². The Balaban J connectivity index is 1.89. The van der Waals surface area contributed by atoms with E-state index < -0.39 is 18.8 Å². The van der Waals surface area contributed by atoms with Crippen LogP contribution in [-0.2, 0) is 16.1 Å². The Labute approximate surface area is 157 Å². The molecule has 0 aliphatic heterocycles. The van der Waals surface area contributed by atoms with Crippen LogP contribution in [0.3, 0.4) is 0 Å². The van der Waals surface area contributed by atoms with E-state index in [1.54, 1.807) is 34.4 Å². The molecule has 10 nitrogen and oxygen atoms in total. The van der Waals surface area contributed by atoms with Gasteiger partial charge >= 0.3 is 5.97 Å². The van der Waals surface area contributed by atoms with Gasteiger partial charge in [0, 0.05) is 41.9 Å². The maximum atomic E-state index is 11.6. The fourth-order valence-corrected chi connectivity index (χ4v) is 3.51. The zero-order valence-corrected chi connectivity index (χ0v) is 15.3. The van der Waals surface area contributed by atoms with Crippen molar-refractivity contribution >= 4 is 34.0 Å². The molecule has 3 rings (SSSR count). The van der Waals surface area contributed by atoms with Crippen LogP contribution in [0.5, 0.6) is 0 Å². The highest BCUT2D eigenvalue weighted by Gasteiger charge is 2.26. The molecule has 0 aromatic carbocycles. The molecule has 0 aliphatic carbocycles. The second kappa shape index (κ2) is 8.80. The van der Waals surface area contributed by atoms with E-state index >= 15 is 0 Å². The number of imidazole rings is 1. The number of aliphatic hydroxyl groups is 1. The first-order valence-electron chi connectivity index (χ1n) is 7.68. The van der Waals surface area contributed by atoms with Crippen LogP contribution < -0.4 is 10.6 Å². The van der Waals surface area contributed by atoms with Crippen molar-refractivity contribution in [1.29, 1.82) is 0 Å². The number of hydrogen-bond donors (Lipinski definition) is 2. The minimum atomic E-state index is -0.730. The standard InChI is InChI=1S/C14H17N7O3S2/c15-2-1-11(24-12(23)8-22)21(7-10-17-4-6-25-10)14-18-13(19-26-14)20-5-3-16-9-20/h3-6,9,11,22H,1-2,7-8,15H2. The average molecular weight is 395 g/mol. The molecule has 3 N–H and O–H groups in total. The molecule has 12 heteroatoms. The number of thiazole rings is 1. The van der Waals surface area contributed by atoms with Crippen LogP contribution in [0.4, 0.5) is 5.13 Å². The van der Waals surface area contributed by atoms with Crippen LogP contribution in [0.2, 0.25) is 0 Å². The van der Waals surface area contributed by atoms with Crippen LogP contribution in [0.25, 0.3) is 5.95 Å². The summed E-state index contributed by atoms with van der Waals surface area (Å²) < 4.78 is 11.4. The molecule has 0 fully saturated rings. The summed E-state index contributed by atoms with van der Waals surface area (Å²) in [6.07, 6.45) is 6.35. The van der Waals surface area contributed by atoms with Gasteiger partial charge in [-0.2, -0.15) is 9.36 Å². The van der Waals surface area contributed by atoms with Gasteiger partial charge in [-0.25, -0.2) is 14.8 Å². The predicted molar refractivity (Wildman–Crippen MR) is 96.0 cm³/mol. The number of hydrogen-bond acceptors (Lipinski definition) is 11. The number of anilines is 1. The number of ether oxygens (including phenoxy) is 1. The maximum Gasteiger partial charge on any atom is 0.333 e. The van der Waals surface area contributed by atoms with Crippen LogP contribution in [0.1, 0.15) is 11.4 Å². The molecule has 0 radical (unpaired) electrons. The van der Waals surface area contributed by atoms with Crippen LogP contribution in [0.15, 0.2) is 30.3 Å². The minimum Gasteiger partial charge on any atom is -0.440 e. The van der Waals surface area contributed by atoms with Crippen molar-refractivity contribution in [1.82, 2.24) is 23.9 Å². The largest absolute Gasteiger partial charge is 0.440 e. The summed E-state index contributed by atoms with van der Waals surface area (Å²) in [5.41, 5.74) is 5.68. The first-order valence-corrected chi connectivity index (χ1v) is 9.34. The van der Waals surface area contributed by atoms with Gasteiger partial charge in [-0.15, -0.1) is 11.3 Å². The van der Waals surface area contributed by atoms with Gasteiger partial charge in [0.2, 0.25) is 11.1 Å². The molecule has 1 atom stereocenters. The van der Waals surface area contributed by atoms with Crippen molar-refractivity contribution < 1.29 is 14.6 Å². The second-order valence-corrected chi connectivity index (χ2v) is 6.79. The van der Waals surface area contributed by atoms with E-state index in [9.17, 15) is 4.79 Å². The molecular weight excluding hydrogens is 378 g/mol. The van der Waals surface area contributed by atoms with Crippen molar-refractivity contribution in [3.8, 4) is 5.95 Å². The SMILES string of the molecule is NCCC(OC(=O)CO)N(Cc1nccs1)c1nc(-n2ccnc2)ns1. The smallest absolute Gasteiger partial charge is 0.333 e. The lowest BCUT2D eigenvalue weighted by Gasteiger charge is -2.29. The highest BCUT2D eigenvalue weighted by Crippen LogP contribution is 2.26. The number of rotatable bonds is 9. The number of nitrogens with zero attached hydrogens (tertiary/aromatic N) is 6. The third-order valence-corrected chi connectivity index (χ3v) is 4.84. The van der Waals surface area contributed by atoms with Gasteiger partial charge < -0.3 is 20.5 Å². The van der Waals surface area contributed by atoms with E-state index in [2.05, 4.69) is 19.3 Å². The topological polar surface area (TPSA) is 132 Å². The first-order chi connectivity index (χ1) is 12.7. The summed E-state index contributed by atoms with van der Waals surface area (Å²) in [5.74, 6) is -0.265. The molecule has 0 aliphatic rings. The van der Waals surface area contributed by atoms with Crippen molar-refractivity contribution in [3.05, 3.63) is 35.3 Å². The lowest BCUT2D eigenvalue weighted by atomic mass is 10.3. The lowest BCUT2D eigenvalue weighted by molar-refractivity contribution is -0.152. The van der Waals surface area contributed by atoms with Crippen LogP contribution in [-0.4, -0.2) is 54.3 Å². The summed E-state index contributed by atoms with van der Waals surface area (Å²) in [4.78, 5) is 26.2. The van der Waals surface area contributed by atoms with E-state index in [-0.39, 0.29) is 0 Å². The molecule has 138 valence electrons. The molecule has 3 aromatic heterocycles. The van der Waals surface area contributed by atoms with Gasteiger partial charge in [0.05, 0.1) is 6.54 Å². The quantitative estimate of drug-likeness (QED) is 0.390. The van der Waals surface area contributed by atoms with Gasteiger partial charge in [0.15, 0.2) is 6.23 Å². The fraction of sp³-hybridized carbons (Fsp3) is 0.357. The molecule has 3 aromatic rings. The first kappa shape index (κ1) is 18.4. The van der Waals surface area contributed by atoms with Crippen molar-refractivity contribution in [2.45, 2.75) is 19.2 Å². The Kier molecular flexibility index (Phi) is 6.22. The average Bonchev–Trinajstić information content (AvgIpc) is 3.41. The highest BCUT2D eigenvalue weighted by molar-refractivity contribution is 7.10. The number of esters is 1. The Morgan fingerprint density at radius 2 is 2.35 bits per heavy atom. The number of aliphatic hydroxyl groups excluding tert-OH is 1. The van der Waals surface area contributed by atoms with E-state index in [1.165, 1.54) is 22.9 Å². The third kappa shape index (κ3) is 4.40. The summed E-state index contributed by atoms with van der Waals surface area (Å²) in [5, 5.41) is 12.3. The monoisotopic (exact) mass is 395 g/mol. The number of carbonyl (C=O) groups excluding carboxylic acids is 1. The van der Waals surface area contributed by atoms with Crippen LogP contribution in [0, 0.1) is 0 Å². The number of nitrogens with two attached hydrogens (primary N) is 1. The van der Waals surface area contributed by atoms with E-state index in [0.29, 0.717) is 30.6 Å². The van der Waals surface area contributed by atoms with Gasteiger partial charge in [0.1, 0.15) is 17.9 Å². The Morgan fingerprint density at radius 3 is 3.00 bits per heavy atom. The molecule has 0 amide bonds. The molecule has 1 unspecified atom stereocenters. The van der Waals surface area contributed by atoms with Crippen LogP contribution >= 0.6 is 22.9 Å². The van der Waals surface area contributed by atoms with E-state index in [4.69, 9.17) is 15.6 Å². The second-order valence-electron chi connectivity index (χ2n) is 5.08. The minimum absolute atomic E-state index is 0.297. The van der Waals surface area contributed by atoms with Gasteiger partial charge in [-0.3, -0.25) is 4.57 Å². The normalized spacial score (nSPS) is 12.1. The number of carbonyl (C=O) groups is 1. The summed E-state index contributed by atoms with van der Waals surface area (Å²) >= 11 is 2.64. The summed E-state index contributed by atoms with van der Waals surface area (Å²) in [6, 6.07) is 0. The van der Waals surface area contributed by atoms with Crippen molar-refractivity contribution in [2.24, 2.45) is 5.73 Å². The Hall–Kier alpha value is -2.41. The molecule has 0 bridgehead atoms. The van der Waals surface area contributed by atoms with Gasteiger partial charge in [-0.05, 0) is 6.54 Å². The van der Waals surface area contributed by atoms with Crippen molar-refractivity contribution in [3.63, 3.8) is 0 Å². The van der Waals surface area contributed by atoms with E-state index in [1.807, 2.05) is 5.38 Å². The Bertz CT molecular complexity index is 807. The molecule has 3 heterocycles.